The van der Waals surface area contributed by atoms with Gasteiger partial charge in [0.25, 0.3) is 10.0 Å². The third-order valence-electron chi connectivity index (χ3n) is 2.53. The molecule has 2 aromatic carbocycles. The van der Waals surface area contributed by atoms with Crippen molar-refractivity contribution in [1.29, 1.82) is 0 Å². The van der Waals surface area contributed by atoms with Crippen LogP contribution in [0.4, 0.5) is 5.69 Å². The second-order valence-electron chi connectivity index (χ2n) is 4.00. The normalized spacial score (nSPS) is 11.1. The molecule has 7 heteroatoms. The van der Waals surface area contributed by atoms with Crippen LogP contribution < -0.4 is 10.5 Å². The molecule has 3 N–H and O–H groups in total. The van der Waals surface area contributed by atoms with Crippen molar-refractivity contribution >= 4 is 44.5 Å². The van der Waals surface area contributed by atoms with Crippen LogP contribution in [-0.4, -0.2) is 13.4 Å². The Hall–Kier alpha value is -1.63. The predicted octanol–water partition coefficient (Wildman–Crippen LogP) is 2.78. The van der Waals surface area contributed by atoms with Crippen molar-refractivity contribution in [2.24, 2.45) is 5.73 Å². The van der Waals surface area contributed by atoms with Gasteiger partial charge in [-0.05, 0) is 42.5 Å². The molecule has 0 unspecified atom stereocenters. The maximum absolute atomic E-state index is 12.2. The second-order valence-corrected chi connectivity index (χ2v) is 6.56. The van der Waals surface area contributed by atoms with Crippen LogP contribution >= 0.6 is 23.8 Å². The van der Waals surface area contributed by atoms with Crippen LogP contribution in [0, 0.1) is 0 Å². The number of hydrogen-bond acceptors (Lipinski definition) is 3. The third-order valence-corrected chi connectivity index (χ3v) is 4.38. The minimum Gasteiger partial charge on any atom is -0.389 e. The van der Waals surface area contributed by atoms with Gasteiger partial charge in [0, 0.05) is 16.3 Å². The molecule has 0 radical (unpaired) electrons. The van der Waals surface area contributed by atoms with E-state index in [1.54, 1.807) is 36.4 Å². The van der Waals surface area contributed by atoms with Crippen LogP contribution in [0.3, 0.4) is 0 Å². The Kier molecular flexibility index (Phi) is 4.27. The zero-order valence-corrected chi connectivity index (χ0v) is 12.6. The lowest BCUT2D eigenvalue weighted by molar-refractivity contribution is 0.601. The molecule has 0 heterocycles. The van der Waals surface area contributed by atoms with Gasteiger partial charge in [-0.2, -0.15) is 0 Å². The highest BCUT2D eigenvalue weighted by molar-refractivity contribution is 7.92. The Balaban J connectivity index is 2.26. The second kappa shape index (κ2) is 5.78. The molecule has 4 nitrogen and oxygen atoms in total. The standard InChI is InChI=1S/C13H11ClN2O2S2/c14-10-2-1-3-12(8-10)20(17,18)16-11-6-4-9(5-7-11)13(15)19/h1-8,16H,(H2,15,19). The monoisotopic (exact) mass is 326 g/mol. The van der Waals surface area contributed by atoms with Crippen LogP contribution in [0.2, 0.25) is 5.02 Å². The fourth-order valence-electron chi connectivity index (χ4n) is 1.55. The number of sulfonamides is 1. The fraction of sp³-hybridized carbons (Fsp3) is 0. The van der Waals surface area contributed by atoms with E-state index in [0.717, 1.165) is 0 Å². The van der Waals surface area contributed by atoms with Gasteiger partial charge in [-0.25, -0.2) is 8.42 Å². The number of rotatable bonds is 4. The molecule has 0 atom stereocenters. The molecule has 0 spiro atoms. The van der Waals surface area contributed by atoms with Gasteiger partial charge < -0.3 is 5.73 Å². The van der Waals surface area contributed by atoms with E-state index in [1.165, 1.54) is 12.1 Å². The van der Waals surface area contributed by atoms with Crippen LogP contribution in [0.1, 0.15) is 5.56 Å². The van der Waals surface area contributed by atoms with Crippen LogP contribution in [-0.2, 0) is 10.0 Å². The van der Waals surface area contributed by atoms with E-state index in [9.17, 15) is 8.42 Å². The number of halogens is 1. The lowest BCUT2D eigenvalue weighted by Crippen LogP contribution is -2.13. The first kappa shape index (κ1) is 14.8. The van der Waals surface area contributed by atoms with Crippen molar-refractivity contribution in [2.45, 2.75) is 4.90 Å². The summed E-state index contributed by atoms with van der Waals surface area (Å²) in [6, 6.07) is 12.5. The maximum atomic E-state index is 12.2. The van der Waals surface area contributed by atoms with E-state index in [2.05, 4.69) is 4.72 Å². The molecule has 2 aromatic rings. The number of benzene rings is 2. The average molecular weight is 327 g/mol. The van der Waals surface area contributed by atoms with Gasteiger partial charge in [0.1, 0.15) is 4.99 Å². The quantitative estimate of drug-likeness (QED) is 0.847. The number of thiocarbonyl (C=S) groups is 1. The molecule has 0 bridgehead atoms. The third kappa shape index (κ3) is 3.47. The summed E-state index contributed by atoms with van der Waals surface area (Å²) in [6.07, 6.45) is 0. The first-order valence-electron chi connectivity index (χ1n) is 5.57. The zero-order chi connectivity index (χ0) is 14.8. The first-order chi connectivity index (χ1) is 9.38. The lowest BCUT2D eigenvalue weighted by atomic mass is 10.2. The van der Waals surface area contributed by atoms with Gasteiger partial charge in [0.15, 0.2) is 0 Å². The molecule has 0 aliphatic rings. The van der Waals surface area contributed by atoms with E-state index in [-0.39, 0.29) is 9.88 Å². The van der Waals surface area contributed by atoms with Gasteiger partial charge in [-0.15, -0.1) is 0 Å². The lowest BCUT2D eigenvalue weighted by Gasteiger charge is -2.09. The van der Waals surface area contributed by atoms with Crippen LogP contribution in [0.5, 0.6) is 0 Å². The maximum Gasteiger partial charge on any atom is 0.261 e. The number of nitrogens with two attached hydrogens (primary N) is 1. The molecule has 0 aliphatic heterocycles. The zero-order valence-electron chi connectivity index (χ0n) is 10.2. The summed E-state index contributed by atoms with van der Waals surface area (Å²) in [6.45, 7) is 0. The molecule has 0 fully saturated rings. The Labute approximate surface area is 127 Å². The molecule has 0 aliphatic carbocycles. The first-order valence-corrected chi connectivity index (χ1v) is 7.84. The highest BCUT2D eigenvalue weighted by Gasteiger charge is 2.14. The summed E-state index contributed by atoms with van der Waals surface area (Å²) in [5.74, 6) is 0. The van der Waals surface area contributed by atoms with E-state index in [4.69, 9.17) is 29.6 Å². The number of anilines is 1. The molecule has 104 valence electrons. The summed E-state index contributed by atoms with van der Waals surface area (Å²) in [5, 5.41) is 0.358. The van der Waals surface area contributed by atoms with Gasteiger partial charge in [-0.1, -0.05) is 29.9 Å². The van der Waals surface area contributed by atoms with E-state index in [0.29, 0.717) is 16.3 Å². The highest BCUT2D eigenvalue weighted by atomic mass is 35.5. The summed E-state index contributed by atoms with van der Waals surface area (Å²) in [4.78, 5) is 0.359. The van der Waals surface area contributed by atoms with E-state index >= 15 is 0 Å². The molecular weight excluding hydrogens is 316 g/mol. The van der Waals surface area contributed by atoms with E-state index in [1.807, 2.05) is 0 Å². The predicted molar refractivity (Wildman–Crippen MR) is 84.6 cm³/mol. The van der Waals surface area contributed by atoms with Crippen molar-refractivity contribution in [3.63, 3.8) is 0 Å². The molecule has 0 aromatic heterocycles. The van der Waals surface area contributed by atoms with Crippen molar-refractivity contribution in [3.8, 4) is 0 Å². The topological polar surface area (TPSA) is 72.2 Å². The van der Waals surface area contributed by atoms with Crippen molar-refractivity contribution < 1.29 is 8.42 Å². The van der Waals surface area contributed by atoms with Gasteiger partial charge in [0.05, 0.1) is 4.90 Å². The van der Waals surface area contributed by atoms with Gasteiger partial charge in [-0.3, -0.25) is 4.72 Å². The molecule has 0 saturated heterocycles. The number of nitrogens with one attached hydrogen (secondary N) is 1. The van der Waals surface area contributed by atoms with Gasteiger partial charge >= 0.3 is 0 Å². The smallest absolute Gasteiger partial charge is 0.261 e. The fourth-order valence-corrected chi connectivity index (χ4v) is 3.05. The molecule has 0 saturated carbocycles. The van der Waals surface area contributed by atoms with Gasteiger partial charge in [0.2, 0.25) is 0 Å². The Morgan fingerprint density at radius 2 is 1.80 bits per heavy atom. The van der Waals surface area contributed by atoms with Crippen molar-refractivity contribution in [2.75, 3.05) is 4.72 Å². The SMILES string of the molecule is NC(=S)c1ccc(NS(=O)(=O)c2cccc(Cl)c2)cc1. The number of hydrogen-bond donors (Lipinski definition) is 2. The molecule has 20 heavy (non-hydrogen) atoms. The molecule has 2 rings (SSSR count). The highest BCUT2D eigenvalue weighted by Crippen LogP contribution is 2.19. The Bertz CT molecular complexity index is 743. The summed E-state index contributed by atoms with van der Waals surface area (Å²) in [5.41, 5.74) is 6.57. The van der Waals surface area contributed by atoms with Crippen molar-refractivity contribution in [3.05, 3.63) is 59.1 Å². The minimum absolute atomic E-state index is 0.100. The summed E-state index contributed by atoms with van der Waals surface area (Å²) in [7, 11) is -3.67. The largest absolute Gasteiger partial charge is 0.389 e. The Morgan fingerprint density at radius 1 is 1.15 bits per heavy atom. The van der Waals surface area contributed by atoms with Crippen LogP contribution in [0.15, 0.2) is 53.4 Å². The average Bonchev–Trinajstić information content (AvgIpc) is 2.39. The summed E-state index contributed by atoms with van der Waals surface area (Å²) < 4.78 is 26.8. The van der Waals surface area contributed by atoms with Crippen molar-refractivity contribution in [1.82, 2.24) is 0 Å². The minimum atomic E-state index is -3.67. The van der Waals surface area contributed by atoms with E-state index < -0.39 is 10.0 Å². The Morgan fingerprint density at radius 3 is 2.35 bits per heavy atom. The van der Waals surface area contributed by atoms with Crippen LogP contribution in [0.25, 0.3) is 0 Å². The molecular formula is C13H11ClN2O2S2. The summed E-state index contributed by atoms with van der Waals surface area (Å²) >= 11 is 10.6. The molecule has 0 amide bonds.